The molecule has 6 heteroatoms. The van der Waals surface area contributed by atoms with Crippen molar-refractivity contribution >= 4 is 5.82 Å². The minimum Gasteiger partial charge on any atom is -0.382 e. The van der Waals surface area contributed by atoms with Gasteiger partial charge in [-0.3, -0.25) is 0 Å². The van der Waals surface area contributed by atoms with Crippen LogP contribution in [0.1, 0.15) is 0 Å². The smallest absolute Gasteiger partial charge is 0.146 e. The summed E-state index contributed by atoms with van der Waals surface area (Å²) >= 11 is 0. The normalized spacial score (nSPS) is 10.4. The van der Waals surface area contributed by atoms with Crippen LogP contribution in [0.3, 0.4) is 0 Å². The van der Waals surface area contributed by atoms with Crippen LogP contribution in [0, 0.1) is 17.5 Å². The zero-order chi connectivity index (χ0) is 11.7. The zero-order valence-electron chi connectivity index (χ0n) is 7.92. The fraction of sp³-hybridized carbons (Fsp3) is 0. The van der Waals surface area contributed by atoms with E-state index in [2.05, 4.69) is 10.2 Å². The van der Waals surface area contributed by atoms with Gasteiger partial charge in [0.15, 0.2) is 0 Å². The summed E-state index contributed by atoms with van der Waals surface area (Å²) in [7, 11) is 0. The number of nitrogens with two attached hydrogens (primary N) is 1. The van der Waals surface area contributed by atoms with Crippen molar-refractivity contribution in [1.82, 2.24) is 10.2 Å². The van der Waals surface area contributed by atoms with Crippen LogP contribution in [0.2, 0.25) is 0 Å². The molecule has 3 nitrogen and oxygen atoms in total. The van der Waals surface area contributed by atoms with Gasteiger partial charge < -0.3 is 5.73 Å². The summed E-state index contributed by atoms with van der Waals surface area (Å²) in [5.74, 6) is -2.91. The van der Waals surface area contributed by atoms with E-state index in [9.17, 15) is 13.2 Å². The van der Waals surface area contributed by atoms with E-state index in [-0.39, 0.29) is 11.5 Å². The molecule has 0 radical (unpaired) electrons. The van der Waals surface area contributed by atoms with Crippen molar-refractivity contribution in [3.8, 4) is 11.3 Å². The first-order valence-electron chi connectivity index (χ1n) is 4.32. The van der Waals surface area contributed by atoms with Crippen molar-refractivity contribution in [2.24, 2.45) is 0 Å². The van der Waals surface area contributed by atoms with Gasteiger partial charge in [0.25, 0.3) is 0 Å². The Morgan fingerprint density at radius 3 is 2.06 bits per heavy atom. The summed E-state index contributed by atoms with van der Waals surface area (Å²) in [6.07, 6.45) is 0. The first-order chi connectivity index (χ1) is 7.58. The molecule has 2 aromatic rings. The van der Waals surface area contributed by atoms with Crippen LogP contribution in [0.5, 0.6) is 0 Å². The average Bonchev–Trinajstić information content (AvgIpc) is 2.19. The standard InChI is InChI=1S/C10H6F3N3/c11-5-3-6(12)10(7(13)4-5)8-1-2-9(14)16-15-8/h1-4H,(H2,14,16). The quantitative estimate of drug-likeness (QED) is 0.808. The Morgan fingerprint density at radius 2 is 1.56 bits per heavy atom. The van der Waals surface area contributed by atoms with Crippen LogP contribution >= 0.6 is 0 Å². The number of nitrogen functional groups attached to an aromatic ring is 1. The van der Waals surface area contributed by atoms with Gasteiger partial charge in [0.1, 0.15) is 23.3 Å². The molecule has 0 bridgehead atoms. The Morgan fingerprint density at radius 1 is 0.938 bits per heavy atom. The molecule has 82 valence electrons. The van der Waals surface area contributed by atoms with Crippen LogP contribution in [0.4, 0.5) is 19.0 Å². The maximum Gasteiger partial charge on any atom is 0.146 e. The van der Waals surface area contributed by atoms with E-state index in [0.717, 1.165) is 0 Å². The highest BCUT2D eigenvalue weighted by atomic mass is 19.1. The van der Waals surface area contributed by atoms with Crippen molar-refractivity contribution < 1.29 is 13.2 Å². The van der Waals surface area contributed by atoms with Gasteiger partial charge in [-0.05, 0) is 12.1 Å². The van der Waals surface area contributed by atoms with Gasteiger partial charge in [-0.2, -0.15) is 0 Å². The number of aromatic nitrogens is 2. The van der Waals surface area contributed by atoms with Crippen LogP contribution in [0.25, 0.3) is 11.3 Å². The number of hydrogen-bond acceptors (Lipinski definition) is 3. The van der Waals surface area contributed by atoms with E-state index in [1.54, 1.807) is 0 Å². The van der Waals surface area contributed by atoms with E-state index in [4.69, 9.17) is 5.73 Å². The fourth-order valence-electron chi connectivity index (χ4n) is 1.26. The largest absolute Gasteiger partial charge is 0.382 e. The predicted octanol–water partition coefficient (Wildman–Crippen LogP) is 2.14. The molecule has 0 aliphatic rings. The van der Waals surface area contributed by atoms with Crippen LogP contribution < -0.4 is 5.73 Å². The van der Waals surface area contributed by atoms with Crippen molar-refractivity contribution in [1.29, 1.82) is 0 Å². The molecule has 0 fully saturated rings. The average molecular weight is 225 g/mol. The number of benzene rings is 1. The van der Waals surface area contributed by atoms with Crippen LogP contribution in [0.15, 0.2) is 24.3 Å². The van der Waals surface area contributed by atoms with E-state index in [1.807, 2.05) is 0 Å². The molecule has 0 atom stereocenters. The summed E-state index contributed by atoms with van der Waals surface area (Å²) in [6.45, 7) is 0. The van der Waals surface area contributed by atoms with Crippen molar-refractivity contribution in [3.05, 3.63) is 41.7 Å². The molecule has 0 spiro atoms. The topological polar surface area (TPSA) is 51.8 Å². The summed E-state index contributed by atoms with van der Waals surface area (Å²) in [6, 6.07) is 3.82. The summed E-state index contributed by atoms with van der Waals surface area (Å²) in [5, 5.41) is 6.98. The lowest BCUT2D eigenvalue weighted by Gasteiger charge is -2.03. The minimum atomic E-state index is -1.03. The second-order valence-electron chi connectivity index (χ2n) is 3.09. The third kappa shape index (κ3) is 1.81. The number of anilines is 1. The van der Waals surface area contributed by atoms with Crippen molar-refractivity contribution in [3.63, 3.8) is 0 Å². The summed E-state index contributed by atoms with van der Waals surface area (Å²) < 4.78 is 39.3. The Labute approximate surface area is 88.7 Å². The van der Waals surface area contributed by atoms with Gasteiger partial charge in [-0.25, -0.2) is 13.2 Å². The van der Waals surface area contributed by atoms with Crippen molar-refractivity contribution in [2.45, 2.75) is 0 Å². The molecular formula is C10H6F3N3. The van der Waals surface area contributed by atoms with Gasteiger partial charge in [-0.1, -0.05) is 0 Å². The Bertz CT molecular complexity index is 502. The number of rotatable bonds is 1. The van der Waals surface area contributed by atoms with E-state index < -0.39 is 23.0 Å². The van der Waals surface area contributed by atoms with Crippen molar-refractivity contribution in [2.75, 3.05) is 5.73 Å². The number of halogens is 3. The summed E-state index contributed by atoms with van der Waals surface area (Å²) in [5.41, 5.74) is 4.82. The lowest BCUT2D eigenvalue weighted by Crippen LogP contribution is -1.98. The summed E-state index contributed by atoms with van der Waals surface area (Å²) in [4.78, 5) is 0. The van der Waals surface area contributed by atoms with Gasteiger partial charge in [0, 0.05) is 12.1 Å². The SMILES string of the molecule is Nc1ccc(-c2c(F)cc(F)cc2F)nn1. The van der Waals surface area contributed by atoms with E-state index in [0.29, 0.717) is 12.1 Å². The second-order valence-corrected chi connectivity index (χ2v) is 3.09. The second kappa shape index (κ2) is 3.80. The van der Waals surface area contributed by atoms with Gasteiger partial charge in [0.05, 0.1) is 11.3 Å². The van der Waals surface area contributed by atoms with Gasteiger partial charge >= 0.3 is 0 Å². The maximum absolute atomic E-state index is 13.3. The molecule has 2 rings (SSSR count). The fourth-order valence-corrected chi connectivity index (χ4v) is 1.26. The van der Waals surface area contributed by atoms with Crippen LogP contribution in [-0.2, 0) is 0 Å². The molecular weight excluding hydrogens is 219 g/mol. The first-order valence-corrected chi connectivity index (χ1v) is 4.32. The lowest BCUT2D eigenvalue weighted by molar-refractivity contribution is 0.547. The number of nitrogens with zero attached hydrogens (tertiary/aromatic N) is 2. The molecule has 0 saturated carbocycles. The molecule has 0 aliphatic carbocycles. The molecule has 1 aromatic heterocycles. The van der Waals surface area contributed by atoms with E-state index >= 15 is 0 Å². The number of hydrogen-bond donors (Lipinski definition) is 1. The molecule has 0 amide bonds. The van der Waals surface area contributed by atoms with Crippen LogP contribution in [-0.4, -0.2) is 10.2 Å². The molecule has 1 aromatic carbocycles. The highest BCUT2D eigenvalue weighted by Crippen LogP contribution is 2.24. The zero-order valence-corrected chi connectivity index (χ0v) is 7.92. The lowest BCUT2D eigenvalue weighted by atomic mass is 10.1. The molecule has 0 unspecified atom stereocenters. The minimum absolute atomic E-state index is 0.0378. The monoisotopic (exact) mass is 225 g/mol. The van der Waals surface area contributed by atoms with Gasteiger partial charge in [-0.15, -0.1) is 10.2 Å². The highest BCUT2D eigenvalue weighted by molar-refractivity contribution is 5.60. The highest BCUT2D eigenvalue weighted by Gasteiger charge is 2.14. The van der Waals surface area contributed by atoms with Gasteiger partial charge in [0.2, 0.25) is 0 Å². The molecule has 16 heavy (non-hydrogen) atoms. The maximum atomic E-state index is 13.3. The first kappa shape index (κ1) is 10.4. The molecule has 1 heterocycles. The predicted molar refractivity (Wildman–Crippen MR) is 51.8 cm³/mol. The Hall–Kier alpha value is -2.11. The molecule has 0 aliphatic heterocycles. The Balaban J connectivity index is 2.60. The Kier molecular flexibility index (Phi) is 2.47. The molecule has 0 saturated heterocycles. The molecule has 2 N–H and O–H groups in total. The third-order valence-electron chi connectivity index (χ3n) is 1.95. The van der Waals surface area contributed by atoms with E-state index in [1.165, 1.54) is 12.1 Å². The third-order valence-corrected chi connectivity index (χ3v) is 1.95.